The summed E-state index contributed by atoms with van der Waals surface area (Å²) in [5.74, 6) is 0.736. The molecular weight excluding hydrogens is 452 g/mol. The second-order valence-corrected chi connectivity index (χ2v) is 8.90. The Kier molecular flexibility index (Phi) is 6.98. The van der Waals surface area contributed by atoms with Crippen LogP contribution in [-0.2, 0) is 20.9 Å². The average Bonchev–Trinajstić information content (AvgIpc) is 3.26. The molecule has 34 heavy (non-hydrogen) atoms. The fourth-order valence-electron chi connectivity index (χ4n) is 3.90. The standard InChI is InChI=1S/C26H26N2O5S/c1-16-11-17(2)25(18(3)12-16)28(19(4)29)26-27-21(15-34-26)14-33-24(30)8-6-20-5-7-22-23(13-20)32-10-9-31-22/h5-8,11-13,15H,9-10,14H2,1-4H3/b8-6+. The van der Waals surface area contributed by atoms with Gasteiger partial charge in [-0.2, -0.15) is 0 Å². The van der Waals surface area contributed by atoms with E-state index in [9.17, 15) is 9.59 Å². The summed E-state index contributed by atoms with van der Waals surface area (Å²) in [5, 5.41) is 2.34. The Hall–Kier alpha value is -3.65. The zero-order valence-corrected chi connectivity index (χ0v) is 20.4. The lowest BCUT2D eigenvalue weighted by atomic mass is 10.0. The number of aromatic nitrogens is 1. The molecule has 3 aromatic rings. The maximum atomic E-state index is 12.5. The van der Waals surface area contributed by atoms with E-state index in [1.54, 1.807) is 16.4 Å². The van der Waals surface area contributed by atoms with Crippen LogP contribution in [-0.4, -0.2) is 30.1 Å². The number of anilines is 2. The second-order valence-electron chi connectivity index (χ2n) is 8.07. The summed E-state index contributed by atoms with van der Waals surface area (Å²) in [7, 11) is 0. The van der Waals surface area contributed by atoms with Gasteiger partial charge in [-0.1, -0.05) is 23.8 Å². The van der Waals surface area contributed by atoms with Crippen LogP contribution < -0.4 is 14.4 Å². The first-order chi connectivity index (χ1) is 16.3. The summed E-state index contributed by atoms with van der Waals surface area (Å²) in [6.45, 7) is 8.55. The van der Waals surface area contributed by atoms with Gasteiger partial charge >= 0.3 is 5.97 Å². The normalized spacial score (nSPS) is 12.6. The topological polar surface area (TPSA) is 78.0 Å². The van der Waals surface area contributed by atoms with E-state index in [0.29, 0.717) is 35.5 Å². The number of fused-ring (bicyclic) bond motifs is 1. The number of hydrogen-bond acceptors (Lipinski definition) is 7. The van der Waals surface area contributed by atoms with Crippen LogP contribution in [0.3, 0.4) is 0 Å². The highest BCUT2D eigenvalue weighted by atomic mass is 32.1. The van der Waals surface area contributed by atoms with Gasteiger partial charge in [0.2, 0.25) is 5.91 Å². The van der Waals surface area contributed by atoms with Crippen molar-refractivity contribution in [2.45, 2.75) is 34.3 Å². The lowest BCUT2D eigenvalue weighted by Crippen LogP contribution is -2.24. The monoisotopic (exact) mass is 478 g/mol. The van der Waals surface area contributed by atoms with E-state index in [4.69, 9.17) is 14.2 Å². The van der Waals surface area contributed by atoms with Crippen LogP contribution in [0.4, 0.5) is 10.8 Å². The third kappa shape index (κ3) is 5.28. The minimum absolute atomic E-state index is 0.0123. The maximum absolute atomic E-state index is 12.5. The number of hydrogen-bond donors (Lipinski definition) is 0. The van der Waals surface area contributed by atoms with Crippen LogP contribution in [0.25, 0.3) is 6.08 Å². The van der Waals surface area contributed by atoms with Gasteiger partial charge in [-0.3, -0.25) is 9.69 Å². The largest absolute Gasteiger partial charge is 0.486 e. The minimum Gasteiger partial charge on any atom is -0.486 e. The summed E-state index contributed by atoms with van der Waals surface area (Å²) in [5.41, 5.74) is 5.35. The predicted molar refractivity (Wildman–Crippen MR) is 132 cm³/mol. The molecule has 2 aromatic carbocycles. The number of carbonyl (C=O) groups excluding carboxylic acids is 2. The quantitative estimate of drug-likeness (QED) is 0.354. The summed E-state index contributed by atoms with van der Waals surface area (Å²) in [6, 6.07) is 9.56. The van der Waals surface area contributed by atoms with Crippen molar-refractivity contribution < 1.29 is 23.8 Å². The number of nitrogens with zero attached hydrogens (tertiary/aromatic N) is 2. The van der Waals surface area contributed by atoms with Crippen LogP contribution >= 0.6 is 11.3 Å². The Labute approximate surface area is 202 Å². The lowest BCUT2D eigenvalue weighted by Gasteiger charge is -2.23. The summed E-state index contributed by atoms with van der Waals surface area (Å²) in [6.07, 6.45) is 3.02. The van der Waals surface area contributed by atoms with Gasteiger partial charge in [0.05, 0.1) is 11.4 Å². The molecule has 4 rings (SSSR count). The van der Waals surface area contributed by atoms with Crippen molar-refractivity contribution in [2.75, 3.05) is 18.1 Å². The average molecular weight is 479 g/mol. The highest BCUT2D eigenvalue weighted by Gasteiger charge is 2.22. The Bertz CT molecular complexity index is 1240. The van der Waals surface area contributed by atoms with Gasteiger partial charge in [-0.25, -0.2) is 9.78 Å². The van der Waals surface area contributed by atoms with Crippen molar-refractivity contribution in [3.8, 4) is 11.5 Å². The first-order valence-electron chi connectivity index (χ1n) is 10.9. The number of ether oxygens (including phenoxy) is 3. The molecule has 176 valence electrons. The van der Waals surface area contributed by atoms with Crippen LogP contribution in [0.2, 0.25) is 0 Å². The second kappa shape index (κ2) is 10.1. The number of esters is 1. The van der Waals surface area contributed by atoms with E-state index in [-0.39, 0.29) is 12.5 Å². The molecule has 2 heterocycles. The van der Waals surface area contributed by atoms with Crippen LogP contribution in [0, 0.1) is 20.8 Å². The zero-order chi connectivity index (χ0) is 24.2. The molecular formula is C26H26N2O5S. The van der Waals surface area contributed by atoms with Crippen LogP contribution in [0.5, 0.6) is 11.5 Å². The summed E-state index contributed by atoms with van der Waals surface area (Å²) >= 11 is 1.34. The van der Waals surface area contributed by atoms with Crippen molar-refractivity contribution in [3.05, 3.63) is 69.7 Å². The van der Waals surface area contributed by atoms with Gasteiger partial charge in [-0.15, -0.1) is 11.3 Å². The molecule has 0 saturated carbocycles. The van der Waals surface area contributed by atoms with E-state index < -0.39 is 5.97 Å². The van der Waals surface area contributed by atoms with Gasteiger partial charge in [-0.05, 0) is 55.7 Å². The Morgan fingerprint density at radius 2 is 1.79 bits per heavy atom. The molecule has 0 atom stereocenters. The Morgan fingerprint density at radius 3 is 2.50 bits per heavy atom. The van der Waals surface area contributed by atoms with E-state index >= 15 is 0 Å². The maximum Gasteiger partial charge on any atom is 0.331 e. The van der Waals surface area contributed by atoms with Gasteiger partial charge in [0.25, 0.3) is 0 Å². The number of aryl methyl sites for hydroxylation is 3. The number of amides is 1. The van der Waals surface area contributed by atoms with Crippen molar-refractivity contribution in [1.29, 1.82) is 0 Å². The minimum atomic E-state index is -0.488. The summed E-state index contributed by atoms with van der Waals surface area (Å²) < 4.78 is 16.4. The molecule has 0 bridgehead atoms. The molecule has 0 aliphatic carbocycles. The fraction of sp³-hybridized carbons (Fsp3) is 0.269. The van der Waals surface area contributed by atoms with Crippen molar-refractivity contribution in [3.63, 3.8) is 0 Å². The molecule has 0 unspecified atom stereocenters. The molecule has 0 fully saturated rings. The number of carbonyl (C=O) groups is 2. The smallest absolute Gasteiger partial charge is 0.331 e. The highest BCUT2D eigenvalue weighted by Crippen LogP contribution is 2.35. The lowest BCUT2D eigenvalue weighted by molar-refractivity contribution is -0.139. The molecule has 0 radical (unpaired) electrons. The Balaban J connectivity index is 1.42. The number of thiazole rings is 1. The van der Waals surface area contributed by atoms with E-state index in [1.807, 2.05) is 51.1 Å². The molecule has 0 N–H and O–H groups in total. The molecule has 1 aromatic heterocycles. The molecule has 8 heteroatoms. The van der Waals surface area contributed by atoms with Gasteiger partial charge in [0.15, 0.2) is 16.6 Å². The molecule has 7 nitrogen and oxygen atoms in total. The molecule has 1 aliphatic heterocycles. The van der Waals surface area contributed by atoms with Gasteiger partial charge < -0.3 is 14.2 Å². The predicted octanol–water partition coefficient (Wildman–Crippen LogP) is 5.28. The third-order valence-electron chi connectivity index (χ3n) is 5.25. The van der Waals surface area contributed by atoms with E-state index in [0.717, 1.165) is 27.9 Å². The van der Waals surface area contributed by atoms with Gasteiger partial charge in [0.1, 0.15) is 19.8 Å². The van der Waals surface area contributed by atoms with Crippen molar-refractivity contribution in [1.82, 2.24) is 4.98 Å². The van der Waals surface area contributed by atoms with E-state index in [1.165, 1.54) is 24.3 Å². The molecule has 1 amide bonds. The van der Waals surface area contributed by atoms with E-state index in [2.05, 4.69) is 4.98 Å². The third-order valence-corrected chi connectivity index (χ3v) is 6.12. The first-order valence-corrected chi connectivity index (χ1v) is 11.8. The number of benzene rings is 2. The van der Waals surface area contributed by atoms with Gasteiger partial charge in [0, 0.05) is 18.4 Å². The van der Waals surface area contributed by atoms with Crippen molar-refractivity contribution in [2.24, 2.45) is 0 Å². The molecule has 0 spiro atoms. The SMILES string of the molecule is CC(=O)N(c1nc(COC(=O)/C=C/c2ccc3c(c2)OCCO3)cs1)c1c(C)cc(C)cc1C. The number of rotatable bonds is 6. The fourth-order valence-corrected chi connectivity index (χ4v) is 4.76. The molecule has 1 aliphatic rings. The molecule has 0 saturated heterocycles. The van der Waals surface area contributed by atoms with Crippen LogP contribution in [0.15, 0.2) is 41.8 Å². The summed E-state index contributed by atoms with van der Waals surface area (Å²) in [4.78, 5) is 30.9. The van der Waals surface area contributed by atoms with Crippen molar-refractivity contribution >= 4 is 40.1 Å². The first kappa shape index (κ1) is 23.5. The van der Waals surface area contributed by atoms with Crippen LogP contribution in [0.1, 0.15) is 34.9 Å². The highest BCUT2D eigenvalue weighted by molar-refractivity contribution is 7.14. The zero-order valence-electron chi connectivity index (χ0n) is 19.6. The Morgan fingerprint density at radius 1 is 1.09 bits per heavy atom.